The van der Waals surface area contributed by atoms with Gasteiger partial charge in [0.2, 0.25) is 5.91 Å². The molecular weight excluding hydrogens is 248 g/mol. The van der Waals surface area contributed by atoms with Crippen LogP contribution in [-0.2, 0) is 11.3 Å². The van der Waals surface area contributed by atoms with Crippen molar-refractivity contribution in [1.29, 1.82) is 0 Å². The lowest BCUT2D eigenvalue weighted by Gasteiger charge is -2.25. The van der Waals surface area contributed by atoms with Crippen LogP contribution in [-0.4, -0.2) is 23.9 Å². The van der Waals surface area contributed by atoms with Gasteiger partial charge in [-0.2, -0.15) is 0 Å². The van der Waals surface area contributed by atoms with Crippen LogP contribution in [0.2, 0.25) is 0 Å². The van der Waals surface area contributed by atoms with Crippen molar-refractivity contribution in [3.63, 3.8) is 0 Å². The minimum absolute atomic E-state index is 0.289. The van der Waals surface area contributed by atoms with Crippen LogP contribution in [0.4, 0.5) is 0 Å². The molecule has 3 heteroatoms. The number of hydrogen-bond acceptors (Lipinski definition) is 2. The lowest BCUT2D eigenvalue weighted by atomic mass is 10.1. The number of benzene rings is 1. The number of likely N-dealkylation sites (tertiary alicyclic amines) is 1. The van der Waals surface area contributed by atoms with E-state index in [0.29, 0.717) is 19.5 Å². The zero-order valence-corrected chi connectivity index (χ0v) is 11.9. The Morgan fingerprint density at radius 3 is 2.60 bits per heavy atom. The molecule has 1 aromatic carbocycles. The molecule has 1 aliphatic rings. The van der Waals surface area contributed by atoms with Crippen molar-refractivity contribution >= 4 is 5.91 Å². The van der Waals surface area contributed by atoms with E-state index in [9.17, 15) is 4.79 Å². The predicted octanol–water partition coefficient (Wildman–Crippen LogP) is 2.29. The topological polar surface area (TPSA) is 46.3 Å². The van der Waals surface area contributed by atoms with E-state index in [1.54, 1.807) is 0 Å². The Morgan fingerprint density at radius 1 is 1.10 bits per heavy atom. The number of nitrogens with zero attached hydrogens (tertiary/aromatic N) is 1. The zero-order chi connectivity index (χ0) is 14.2. The van der Waals surface area contributed by atoms with Crippen LogP contribution in [0.15, 0.2) is 24.3 Å². The molecule has 1 aromatic rings. The molecule has 0 radical (unpaired) electrons. The summed E-state index contributed by atoms with van der Waals surface area (Å²) >= 11 is 0. The van der Waals surface area contributed by atoms with E-state index in [-0.39, 0.29) is 5.91 Å². The molecule has 1 aliphatic heterocycles. The van der Waals surface area contributed by atoms with Gasteiger partial charge in [-0.05, 0) is 30.5 Å². The molecule has 0 atom stereocenters. The third kappa shape index (κ3) is 4.40. The summed E-state index contributed by atoms with van der Waals surface area (Å²) in [6.07, 6.45) is 5.26. The summed E-state index contributed by atoms with van der Waals surface area (Å²) in [6.45, 7) is 1.97. The fourth-order valence-corrected chi connectivity index (χ4v) is 2.45. The molecule has 1 amide bonds. The highest BCUT2D eigenvalue weighted by Gasteiger charge is 2.15. The summed E-state index contributed by atoms with van der Waals surface area (Å²) in [5, 5.41) is 0. The average molecular weight is 270 g/mol. The second kappa shape index (κ2) is 7.72. The summed E-state index contributed by atoms with van der Waals surface area (Å²) < 4.78 is 0. The van der Waals surface area contributed by atoms with E-state index in [4.69, 9.17) is 5.73 Å². The fourth-order valence-electron chi connectivity index (χ4n) is 2.45. The van der Waals surface area contributed by atoms with E-state index in [2.05, 4.69) is 11.8 Å². The molecule has 0 saturated carbocycles. The predicted molar refractivity (Wildman–Crippen MR) is 80.9 cm³/mol. The van der Waals surface area contributed by atoms with Gasteiger partial charge in [0.1, 0.15) is 0 Å². The first-order chi connectivity index (χ1) is 9.79. The van der Waals surface area contributed by atoms with Crippen molar-refractivity contribution in [3.8, 4) is 11.8 Å². The molecule has 0 unspecified atom stereocenters. The van der Waals surface area contributed by atoms with Gasteiger partial charge in [-0.15, -0.1) is 0 Å². The number of carbonyl (C=O) groups is 1. The molecule has 0 aliphatic carbocycles. The molecule has 20 heavy (non-hydrogen) atoms. The van der Waals surface area contributed by atoms with Gasteiger partial charge < -0.3 is 10.6 Å². The highest BCUT2D eigenvalue weighted by atomic mass is 16.2. The summed E-state index contributed by atoms with van der Waals surface area (Å²) in [6, 6.07) is 8.08. The van der Waals surface area contributed by atoms with Gasteiger partial charge in [0, 0.05) is 25.1 Å². The Labute approximate surface area is 121 Å². The number of rotatable bonds is 2. The standard InChI is InChI=1S/C17H22N2O/c18-12-5-6-15-8-10-16(11-9-15)14-19-13-4-2-1-3-7-17(19)20/h8-11H,1-4,7,12-14,18H2. The Balaban J connectivity index is 1.98. The molecule has 1 heterocycles. The Bertz CT molecular complexity index is 496. The Kier molecular flexibility index (Phi) is 5.64. The highest BCUT2D eigenvalue weighted by Crippen LogP contribution is 2.15. The summed E-state index contributed by atoms with van der Waals surface area (Å²) in [4.78, 5) is 14.1. The molecule has 3 nitrogen and oxygen atoms in total. The van der Waals surface area contributed by atoms with Crippen LogP contribution in [0.1, 0.15) is 43.2 Å². The number of carbonyl (C=O) groups excluding carboxylic acids is 1. The highest BCUT2D eigenvalue weighted by molar-refractivity contribution is 5.76. The van der Waals surface area contributed by atoms with Crippen LogP contribution < -0.4 is 5.73 Å². The number of hydrogen-bond donors (Lipinski definition) is 1. The van der Waals surface area contributed by atoms with Crippen LogP contribution >= 0.6 is 0 Å². The van der Waals surface area contributed by atoms with E-state index in [1.807, 2.05) is 29.2 Å². The van der Waals surface area contributed by atoms with Crippen molar-refractivity contribution in [2.24, 2.45) is 5.73 Å². The summed E-state index contributed by atoms with van der Waals surface area (Å²) in [5.74, 6) is 6.14. The largest absolute Gasteiger partial charge is 0.338 e. The monoisotopic (exact) mass is 270 g/mol. The lowest BCUT2D eigenvalue weighted by molar-refractivity contribution is -0.132. The molecule has 2 rings (SSSR count). The van der Waals surface area contributed by atoms with Crippen LogP contribution in [0.3, 0.4) is 0 Å². The quantitative estimate of drug-likeness (QED) is 0.838. The first-order valence-electron chi connectivity index (χ1n) is 7.35. The molecule has 1 fully saturated rings. The minimum Gasteiger partial charge on any atom is -0.338 e. The SMILES string of the molecule is NCC#Cc1ccc(CN2CCCCCCC2=O)cc1. The molecular formula is C17H22N2O. The van der Waals surface area contributed by atoms with Crippen molar-refractivity contribution in [3.05, 3.63) is 35.4 Å². The average Bonchev–Trinajstić information content (AvgIpc) is 2.46. The second-order valence-electron chi connectivity index (χ2n) is 5.18. The van der Waals surface area contributed by atoms with Crippen molar-refractivity contribution in [1.82, 2.24) is 4.90 Å². The summed E-state index contributed by atoms with van der Waals surface area (Å²) in [7, 11) is 0. The third-order valence-corrected chi connectivity index (χ3v) is 3.58. The smallest absolute Gasteiger partial charge is 0.222 e. The van der Waals surface area contributed by atoms with Crippen molar-refractivity contribution in [2.75, 3.05) is 13.1 Å². The first-order valence-corrected chi connectivity index (χ1v) is 7.35. The van der Waals surface area contributed by atoms with Gasteiger partial charge in [0.05, 0.1) is 6.54 Å². The lowest BCUT2D eigenvalue weighted by Crippen LogP contribution is -2.32. The van der Waals surface area contributed by atoms with Crippen LogP contribution in [0.5, 0.6) is 0 Å². The van der Waals surface area contributed by atoms with Crippen LogP contribution in [0, 0.1) is 11.8 Å². The van der Waals surface area contributed by atoms with Gasteiger partial charge in [-0.25, -0.2) is 0 Å². The van der Waals surface area contributed by atoms with Gasteiger partial charge >= 0.3 is 0 Å². The van der Waals surface area contributed by atoms with Gasteiger partial charge in [-0.3, -0.25) is 4.79 Å². The van der Waals surface area contributed by atoms with E-state index in [1.165, 1.54) is 12.8 Å². The van der Waals surface area contributed by atoms with Crippen LogP contribution in [0.25, 0.3) is 0 Å². The first kappa shape index (κ1) is 14.6. The van der Waals surface area contributed by atoms with Gasteiger partial charge in [-0.1, -0.05) is 36.8 Å². The normalized spacial score (nSPS) is 16.1. The summed E-state index contributed by atoms with van der Waals surface area (Å²) in [5.41, 5.74) is 7.49. The second-order valence-corrected chi connectivity index (χ2v) is 5.18. The van der Waals surface area contributed by atoms with E-state index >= 15 is 0 Å². The van der Waals surface area contributed by atoms with Gasteiger partial charge in [0.15, 0.2) is 0 Å². The third-order valence-electron chi connectivity index (χ3n) is 3.58. The van der Waals surface area contributed by atoms with E-state index in [0.717, 1.165) is 30.5 Å². The molecule has 0 aromatic heterocycles. The Hall–Kier alpha value is -1.79. The zero-order valence-electron chi connectivity index (χ0n) is 11.9. The van der Waals surface area contributed by atoms with Crippen molar-refractivity contribution in [2.45, 2.75) is 38.6 Å². The number of nitrogens with two attached hydrogens (primary N) is 1. The molecule has 1 saturated heterocycles. The maximum Gasteiger partial charge on any atom is 0.222 e. The fraction of sp³-hybridized carbons (Fsp3) is 0.471. The maximum atomic E-state index is 12.1. The molecule has 2 N–H and O–H groups in total. The molecule has 106 valence electrons. The van der Waals surface area contributed by atoms with E-state index < -0.39 is 0 Å². The Morgan fingerprint density at radius 2 is 1.85 bits per heavy atom. The minimum atomic E-state index is 0.289. The van der Waals surface area contributed by atoms with Gasteiger partial charge in [0.25, 0.3) is 0 Å². The molecule has 0 spiro atoms. The molecule has 0 bridgehead atoms. The maximum absolute atomic E-state index is 12.1. The van der Waals surface area contributed by atoms with Crippen molar-refractivity contribution < 1.29 is 4.79 Å². The number of amides is 1.